The van der Waals surface area contributed by atoms with Crippen molar-refractivity contribution in [3.63, 3.8) is 0 Å². The fraction of sp³-hybridized carbons (Fsp3) is 0.867. The first kappa shape index (κ1) is 42.0. The van der Waals surface area contributed by atoms with Crippen LogP contribution in [0.25, 0.3) is 0 Å². The van der Waals surface area contributed by atoms with Gasteiger partial charge in [-0.1, -0.05) is 84.0 Å². The molecule has 0 radical (unpaired) electrons. The van der Waals surface area contributed by atoms with Crippen molar-refractivity contribution in [2.75, 3.05) is 6.54 Å². The van der Waals surface area contributed by atoms with Crippen LogP contribution < -0.4 is 22.5 Å². The molecule has 0 saturated heterocycles. The lowest BCUT2D eigenvalue weighted by Crippen LogP contribution is -2.47. The van der Waals surface area contributed by atoms with Crippen LogP contribution in [0.4, 0.5) is 0 Å². The number of carboxylic acids is 1. The SMILES string of the molecule is CCCCCCCCCCCCCCCC(=O)N[C@@H](CCCCN)C(=O)OC(=O)[C@@H](N)[C@@H](C)O.C[C@@H](O)[C@H](N)C(=O)O. The van der Waals surface area contributed by atoms with Crippen LogP contribution in [-0.2, 0) is 23.9 Å². The number of carboxylic acid groups (broad SMARTS) is 1. The topological polar surface area (TPSA) is 228 Å². The maximum atomic E-state index is 12.4. The van der Waals surface area contributed by atoms with Crippen LogP contribution >= 0.6 is 0 Å². The lowest BCUT2D eigenvalue weighted by molar-refractivity contribution is -0.164. The van der Waals surface area contributed by atoms with E-state index in [4.69, 9.17) is 32.2 Å². The third kappa shape index (κ3) is 24.5. The van der Waals surface area contributed by atoms with E-state index in [1.165, 1.54) is 78.1 Å². The molecule has 0 saturated carbocycles. The molecule has 12 nitrogen and oxygen atoms in total. The zero-order valence-corrected chi connectivity index (χ0v) is 26.2. The van der Waals surface area contributed by atoms with Crippen molar-refractivity contribution < 1.29 is 39.2 Å². The van der Waals surface area contributed by atoms with Gasteiger partial charge in [-0.05, 0) is 46.1 Å². The molecular formula is C30H60N4O8. The number of nitrogens with two attached hydrogens (primary N) is 3. The number of ether oxygens (including phenoxy) is 1. The molecule has 0 aliphatic rings. The Kier molecular flexibility index (Phi) is 27.7. The Morgan fingerprint density at radius 3 is 1.52 bits per heavy atom. The molecule has 0 bridgehead atoms. The first-order valence-corrected chi connectivity index (χ1v) is 15.7. The molecule has 0 heterocycles. The van der Waals surface area contributed by atoms with Crippen molar-refractivity contribution in [1.82, 2.24) is 5.32 Å². The van der Waals surface area contributed by atoms with E-state index >= 15 is 0 Å². The van der Waals surface area contributed by atoms with Crippen LogP contribution in [0.1, 0.15) is 130 Å². The first-order chi connectivity index (χ1) is 19.9. The summed E-state index contributed by atoms with van der Waals surface area (Å²) >= 11 is 0. The highest BCUT2D eigenvalue weighted by atomic mass is 16.6. The minimum Gasteiger partial charge on any atom is -0.480 e. The molecule has 0 aromatic carbocycles. The van der Waals surface area contributed by atoms with Gasteiger partial charge in [0.05, 0.1) is 12.2 Å². The highest BCUT2D eigenvalue weighted by molar-refractivity contribution is 5.93. The first-order valence-electron chi connectivity index (χ1n) is 15.7. The summed E-state index contributed by atoms with van der Waals surface area (Å²) < 4.78 is 4.78. The van der Waals surface area contributed by atoms with Gasteiger partial charge in [-0.2, -0.15) is 0 Å². The Morgan fingerprint density at radius 2 is 1.14 bits per heavy atom. The lowest BCUT2D eigenvalue weighted by Gasteiger charge is -2.19. The summed E-state index contributed by atoms with van der Waals surface area (Å²) in [6.07, 6.45) is 15.9. The number of aliphatic hydroxyl groups excluding tert-OH is 2. The highest BCUT2D eigenvalue weighted by Crippen LogP contribution is 2.13. The van der Waals surface area contributed by atoms with E-state index in [-0.39, 0.29) is 5.91 Å². The Labute approximate surface area is 252 Å². The molecule has 0 aliphatic heterocycles. The van der Waals surface area contributed by atoms with Crippen molar-refractivity contribution in [1.29, 1.82) is 0 Å². The number of hydrogen-bond acceptors (Lipinski definition) is 10. The van der Waals surface area contributed by atoms with Gasteiger partial charge in [-0.25, -0.2) is 9.59 Å². The number of aliphatic carboxylic acids is 1. The summed E-state index contributed by atoms with van der Waals surface area (Å²) in [5.74, 6) is -3.27. The second kappa shape index (κ2) is 27.7. The molecule has 12 heteroatoms. The summed E-state index contributed by atoms with van der Waals surface area (Å²) in [5, 5.41) is 28.6. The van der Waals surface area contributed by atoms with Gasteiger partial charge in [0.15, 0.2) is 0 Å². The van der Waals surface area contributed by atoms with Crippen LogP contribution in [0, 0.1) is 0 Å². The number of carbonyl (C=O) groups is 4. The van der Waals surface area contributed by atoms with Gasteiger partial charge in [-0.15, -0.1) is 0 Å². The molecule has 5 atom stereocenters. The number of unbranched alkanes of at least 4 members (excludes halogenated alkanes) is 13. The van der Waals surface area contributed by atoms with Gasteiger partial charge in [0.25, 0.3) is 0 Å². The fourth-order valence-electron chi connectivity index (χ4n) is 3.95. The molecular weight excluding hydrogens is 544 g/mol. The van der Waals surface area contributed by atoms with Crippen molar-refractivity contribution in [2.24, 2.45) is 17.2 Å². The molecule has 0 aromatic rings. The number of esters is 2. The monoisotopic (exact) mass is 604 g/mol. The molecule has 0 aromatic heterocycles. The number of rotatable bonds is 24. The molecule has 0 rings (SSSR count). The molecule has 10 N–H and O–H groups in total. The van der Waals surface area contributed by atoms with Crippen LogP contribution in [0.15, 0.2) is 0 Å². The highest BCUT2D eigenvalue weighted by Gasteiger charge is 2.28. The maximum absolute atomic E-state index is 12.4. The van der Waals surface area contributed by atoms with E-state index in [1.54, 1.807) is 0 Å². The summed E-state index contributed by atoms with van der Waals surface area (Å²) in [6, 6.07) is -3.39. The van der Waals surface area contributed by atoms with Crippen molar-refractivity contribution in [3.05, 3.63) is 0 Å². The van der Waals surface area contributed by atoms with E-state index in [1.807, 2.05) is 0 Å². The number of carbonyl (C=O) groups excluding carboxylic acids is 3. The lowest BCUT2D eigenvalue weighted by atomic mass is 10.0. The normalized spacial score (nSPS) is 14.5. The quantitative estimate of drug-likeness (QED) is 0.0481. The Morgan fingerprint density at radius 1 is 0.690 bits per heavy atom. The van der Waals surface area contributed by atoms with E-state index in [9.17, 15) is 24.3 Å². The Bertz CT molecular complexity index is 721. The molecule has 42 heavy (non-hydrogen) atoms. The predicted octanol–water partition coefficient (Wildman–Crippen LogP) is 2.64. The van der Waals surface area contributed by atoms with E-state index in [2.05, 4.69) is 12.2 Å². The zero-order chi connectivity index (χ0) is 32.3. The summed E-state index contributed by atoms with van der Waals surface area (Å²) in [5.41, 5.74) is 15.9. The van der Waals surface area contributed by atoms with Crippen molar-refractivity contribution in [3.8, 4) is 0 Å². The van der Waals surface area contributed by atoms with Gasteiger partial charge >= 0.3 is 17.9 Å². The summed E-state index contributed by atoms with van der Waals surface area (Å²) in [6.45, 7) is 5.39. The van der Waals surface area contributed by atoms with Crippen molar-refractivity contribution >= 4 is 23.8 Å². The Hall–Kier alpha value is -2.12. The predicted molar refractivity (Wildman–Crippen MR) is 163 cm³/mol. The molecule has 248 valence electrons. The second-order valence-electron chi connectivity index (χ2n) is 11.0. The van der Waals surface area contributed by atoms with Crippen LogP contribution in [0.3, 0.4) is 0 Å². The summed E-state index contributed by atoms with van der Waals surface area (Å²) in [7, 11) is 0. The molecule has 0 spiro atoms. The third-order valence-corrected chi connectivity index (χ3v) is 6.87. The average molecular weight is 605 g/mol. The van der Waals surface area contributed by atoms with Crippen LogP contribution in [0.5, 0.6) is 0 Å². The standard InChI is InChI=1S/C26H51N3O5.C4H9NO3/c1-3-4-5-6-7-8-9-10-11-12-13-14-15-19-23(31)29-22(18-16-17-20-27)25(32)34-26(33)24(28)21(2)30;1-2(6)3(5)4(7)8/h21-22,24,30H,3-20,27-28H2,1-2H3,(H,29,31);2-3,6H,5H2,1H3,(H,7,8)/t21-,22+,24+;2-,3+/m11/s1. The average Bonchev–Trinajstić information content (AvgIpc) is 2.94. The van der Waals surface area contributed by atoms with Crippen LogP contribution in [0.2, 0.25) is 0 Å². The van der Waals surface area contributed by atoms with E-state index in [0.29, 0.717) is 32.2 Å². The fourth-order valence-corrected chi connectivity index (χ4v) is 3.95. The van der Waals surface area contributed by atoms with Gasteiger partial charge in [-0.3, -0.25) is 9.59 Å². The Balaban J connectivity index is 0. The third-order valence-electron chi connectivity index (χ3n) is 6.87. The summed E-state index contributed by atoms with van der Waals surface area (Å²) in [4.78, 5) is 46.4. The van der Waals surface area contributed by atoms with Gasteiger partial charge in [0, 0.05) is 6.42 Å². The largest absolute Gasteiger partial charge is 0.480 e. The number of amides is 1. The smallest absolute Gasteiger partial charge is 0.336 e. The maximum Gasteiger partial charge on any atom is 0.336 e. The molecule has 0 fully saturated rings. The van der Waals surface area contributed by atoms with Gasteiger partial charge in [0.1, 0.15) is 18.1 Å². The molecule has 1 amide bonds. The van der Waals surface area contributed by atoms with E-state index in [0.717, 1.165) is 19.3 Å². The number of hydrogen-bond donors (Lipinski definition) is 7. The minimum atomic E-state index is -1.31. The molecule has 0 aliphatic carbocycles. The van der Waals surface area contributed by atoms with Gasteiger partial charge in [0.2, 0.25) is 5.91 Å². The second-order valence-corrected chi connectivity index (χ2v) is 11.0. The molecule has 0 unspecified atom stereocenters. The minimum absolute atomic E-state index is 0.231. The van der Waals surface area contributed by atoms with Gasteiger partial charge < -0.3 is 42.6 Å². The van der Waals surface area contributed by atoms with E-state index < -0.39 is 48.2 Å². The number of aliphatic hydroxyl groups is 2. The van der Waals surface area contributed by atoms with Crippen LogP contribution in [-0.4, -0.2) is 76.0 Å². The zero-order valence-electron chi connectivity index (χ0n) is 26.2. The number of nitrogens with one attached hydrogen (secondary N) is 1. The van der Waals surface area contributed by atoms with Crippen molar-refractivity contribution in [2.45, 2.75) is 160 Å².